The average molecular weight is 323 g/mol. The van der Waals surface area contributed by atoms with Gasteiger partial charge in [-0.3, -0.25) is 4.90 Å². The molecule has 0 radical (unpaired) electrons. The topological polar surface area (TPSA) is 87.1 Å². The number of aromatic hydroxyl groups is 1. The fourth-order valence-corrected chi connectivity index (χ4v) is 2.45. The van der Waals surface area contributed by atoms with Crippen LogP contribution in [0, 0.1) is 0 Å². The zero-order valence-corrected chi connectivity index (χ0v) is 14.5. The van der Waals surface area contributed by atoms with Gasteiger partial charge in [0.05, 0.1) is 0 Å². The quantitative estimate of drug-likeness (QED) is 0.889. The number of hydrogen-bond acceptors (Lipinski definition) is 4. The molecule has 0 spiro atoms. The molecule has 1 rings (SSSR count). The number of aliphatic carboxylic acids is 1. The third-order valence-electron chi connectivity index (χ3n) is 3.60. The SMILES string of the molecule is CN(C(=O)OC(C)(C)C)C(C(=O)O)C(C)(C)c1ccc(O)cc1. The molecule has 1 aromatic carbocycles. The number of ether oxygens (including phenoxy) is 1. The number of phenols is 1. The predicted octanol–water partition coefficient (Wildman–Crippen LogP) is 2.99. The van der Waals surface area contributed by atoms with Crippen molar-refractivity contribution < 1.29 is 24.5 Å². The maximum Gasteiger partial charge on any atom is 0.410 e. The number of carboxylic acid groups (broad SMARTS) is 1. The second-order valence-electron chi connectivity index (χ2n) is 7.10. The highest BCUT2D eigenvalue weighted by Gasteiger charge is 2.42. The molecule has 0 bridgehead atoms. The third kappa shape index (κ3) is 4.61. The molecule has 23 heavy (non-hydrogen) atoms. The van der Waals surface area contributed by atoms with Gasteiger partial charge < -0.3 is 14.9 Å². The zero-order valence-electron chi connectivity index (χ0n) is 14.5. The fraction of sp³-hybridized carbons (Fsp3) is 0.529. The molecule has 1 unspecified atom stereocenters. The van der Waals surface area contributed by atoms with E-state index in [1.165, 1.54) is 19.2 Å². The molecule has 6 heteroatoms. The Morgan fingerprint density at radius 1 is 1.09 bits per heavy atom. The van der Waals surface area contributed by atoms with Gasteiger partial charge in [0, 0.05) is 12.5 Å². The number of nitrogens with zero attached hydrogens (tertiary/aromatic N) is 1. The number of carboxylic acids is 1. The summed E-state index contributed by atoms with van der Waals surface area (Å²) in [6.07, 6.45) is -0.697. The lowest BCUT2D eigenvalue weighted by atomic mass is 9.77. The largest absolute Gasteiger partial charge is 0.508 e. The van der Waals surface area contributed by atoms with E-state index in [1.54, 1.807) is 46.8 Å². The number of carbonyl (C=O) groups is 2. The number of rotatable bonds is 4. The van der Waals surface area contributed by atoms with Crippen molar-refractivity contribution in [1.82, 2.24) is 4.90 Å². The summed E-state index contributed by atoms with van der Waals surface area (Å²) in [5.41, 5.74) is -0.902. The molecule has 1 atom stereocenters. The van der Waals surface area contributed by atoms with Crippen LogP contribution >= 0.6 is 0 Å². The standard InChI is InChI=1S/C17H25NO5/c1-16(2,3)23-15(22)18(6)13(14(20)21)17(4,5)11-7-9-12(19)10-8-11/h7-10,13,19H,1-6H3,(H,20,21). The maximum atomic E-state index is 12.2. The van der Waals surface area contributed by atoms with Crippen LogP contribution in [-0.2, 0) is 14.9 Å². The molecule has 0 aliphatic carbocycles. The van der Waals surface area contributed by atoms with Gasteiger partial charge in [0.25, 0.3) is 0 Å². The maximum absolute atomic E-state index is 12.2. The van der Waals surface area contributed by atoms with Crippen LogP contribution in [0.25, 0.3) is 0 Å². The van der Waals surface area contributed by atoms with Gasteiger partial charge in [-0.15, -0.1) is 0 Å². The van der Waals surface area contributed by atoms with Crippen LogP contribution in [0.15, 0.2) is 24.3 Å². The van der Waals surface area contributed by atoms with E-state index in [-0.39, 0.29) is 5.75 Å². The Balaban J connectivity index is 3.16. The van der Waals surface area contributed by atoms with E-state index in [4.69, 9.17) is 4.74 Å². The highest BCUT2D eigenvalue weighted by molar-refractivity contribution is 5.82. The summed E-state index contributed by atoms with van der Waals surface area (Å²) >= 11 is 0. The Kier molecular flexibility index (Phi) is 5.30. The van der Waals surface area contributed by atoms with Gasteiger partial charge in [-0.1, -0.05) is 26.0 Å². The van der Waals surface area contributed by atoms with Crippen LogP contribution < -0.4 is 0 Å². The number of carbonyl (C=O) groups excluding carboxylic acids is 1. The Hall–Kier alpha value is -2.24. The van der Waals surface area contributed by atoms with E-state index in [9.17, 15) is 19.8 Å². The van der Waals surface area contributed by atoms with Gasteiger partial charge in [-0.25, -0.2) is 9.59 Å². The summed E-state index contributed by atoms with van der Waals surface area (Å²) in [6, 6.07) is 5.15. The third-order valence-corrected chi connectivity index (χ3v) is 3.60. The molecule has 6 nitrogen and oxygen atoms in total. The monoisotopic (exact) mass is 323 g/mol. The highest BCUT2D eigenvalue weighted by atomic mass is 16.6. The number of benzene rings is 1. The fourth-order valence-electron chi connectivity index (χ4n) is 2.45. The van der Waals surface area contributed by atoms with Crippen molar-refractivity contribution in [3.63, 3.8) is 0 Å². The number of amides is 1. The van der Waals surface area contributed by atoms with Crippen molar-refractivity contribution >= 4 is 12.1 Å². The first-order valence-corrected chi connectivity index (χ1v) is 7.34. The van der Waals surface area contributed by atoms with Crippen molar-refractivity contribution in [1.29, 1.82) is 0 Å². The first-order chi connectivity index (χ1) is 10.4. The highest BCUT2D eigenvalue weighted by Crippen LogP contribution is 2.32. The summed E-state index contributed by atoms with van der Waals surface area (Å²) in [5, 5.41) is 19.0. The minimum Gasteiger partial charge on any atom is -0.508 e. The van der Waals surface area contributed by atoms with E-state index < -0.39 is 29.1 Å². The van der Waals surface area contributed by atoms with E-state index in [1.807, 2.05) is 0 Å². The molecular weight excluding hydrogens is 298 g/mol. The van der Waals surface area contributed by atoms with Crippen LogP contribution in [0.4, 0.5) is 4.79 Å². The molecule has 0 fully saturated rings. The van der Waals surface area contributed by atoms with Crippen molar-refractivity contribution in [2.24, 2.45) is 0 Å². The predicted molar refractivity (Wildman–Crippen MR) is 86.6 cm³/mol. The summed E-state index contributed by atoms with van der Waals surface area (Å²) in [7, 11) is 1.41. The van der Waals surface area contributed by atoms with Gasteiger partial charge in [0.1, 0.15) is 17.4 Å². The minimum absolute atomic E-state index is 0.0944. The average Bonchev–Trinajstić information content (AvgIpc) is 2.36. The van der Waals surface area contributed by atoms with Gasteiger partial charge in [0.2, 0.25) is 0 Å². The molecule has 2 N–H and O–H groups in total. The van der Waals surface area contributed by atoms with Crippen molar-refractivity contribution in [3.05, 3.63) is 29.8 Å². The summed E-state index contributed by atoms with van der Waals surface area (Å²) in [6.45, 7) is 8.64. The molecule has 0 saturated carbocycles. The van der Waals surface area contributed by atoms with Gasteiger partial charge in [-0.05, 0) is 38.5 Å². The Morgan fingerprint density at radius 3 is 1.96 bits per heavy atom. The summed E-state index contributed by atoms with van der Waals surface area (Å²) in [4.78, 5) is 25.1. The molecule has 1 amide bonds. The molecule has 0 aromatic heterocycles. The molecular formula is C17H25NO5. The Morgan fingerprint density at radius 2 is 1.57 bits per heavy atom. The second-order valence-corrected chi connectivity index (χ2v) is 7.10. The van der Waals surface area contributed by atoms with Gasteiger partial charge >= 0.3 is 12.1 Å². The molecule has 0 heterocycles. The lowest BCUT2D eigenvalue weighted by Gasteiger charge is -2.38. The molecule has 0 aliphatic heterocycles. The van der Waals surface area contributed by atoms with E-state index in [0.717, 1.165) is 4.90 Å². The number of hydrogen-bond donors (Lipinski definition) is 2. The lowest BCUT2D eigenvalue weighted by Crippen LogP contribution is -2.54. The first-order valence-electron chi connectivity index (χ1n) is 7.34. The van der Waals surface area contributed by atoms with Crippen LogP contribution in [0.2, 0.25) is 0 Å². The minimum atomic E-state index is -1.13. The van der Waals surface area contributed by atoms with Crippen LogP contribution in [0.1, 0.15) is 40.2 Å². The zero-order chi connectivity index (χ0) is 18.0. The number of likely N-dealkylation sites (N-methyl/N-ethyl adjacent to an activating group) is 1. The second kappa shape index (κ2) is 6.48. The van der Waals surface area contributed by atoms with Crippen LogP contribution in [0.5, 0.6) is 5.75 Å². The lowest BCUT2D eigenvalue weighted by molar-refractivity contribution is -0.145. The Bertz CT molecular complexity index is 572. The number of phenolic OH excluding ortho intramolecular Hbond substituents is 1. The summed E-state index contributed by atoms with van der Waals surface area (Å²) < 4.78 is 5.26. The molecule has 0 saturated heterocycles. The van der Waals surface area contributed by atoms with Gasteiger partial charge in [-0.2, -0.15) is 0 Å². The normalized spacial score (nSPS) is 13.3. The molecule has 0 aliphatic rings. The smallest absolute Gasteiger partial charge is 0.410 e. The van der Waals surface area contributed by atoms with Crippen LogP contribution in [-0.4, -0.2) is 45.9 Å². The van der Waals surface area contributed by atoms with E-state index in [0.29, 0.717) is 5.56 Å². The van der Waals surface area contributed by atoms with Gasteiger partial charge in [0.15, 0.2) is 0 Å². The van der Waals surface area contributed by atoms with E-state index >= 15 is 0 Å². The van der Waals surface area contributed by atoms with Crippen molar-refractivity contribution in [2.75, 3.05) is 7.05 Å². The van der Waals surface area contributed by atoms with E-state index in [2.05, 4.69) is 0 Å². The van der Waals surface area contributed by atoms with Crippen molar-refractivity contribution in [3.8, 4) is 5.75 Å². The summed E-state index contributed by atoms with van der Waals surface area (Å²) in [5.74, 6) is -1.03. The Labute approximate surface area is 136 Å². The van der Waals surface area contributed by atoms with Crippen LogP contribution in [0.3, 0.4) is 0 Å². The first kappa shape index (κ1) is 18.8. The molecule has 1 aromatic rings. The molecule has 128 valence electrons. The van der Waals surface area contributed by atoms with Crippen molar-refractivity contribution in [2.45, 2.75) is 51.7 Å².